The molecule has 1 amide bonds. The van der Waals surface area contributed by atoms with Gasteiger partial charge in [0, 0.05) is 24.7 Å². The number of amides is 1. The molecule has 0 radical (unpaired) electrons. The first kappa shape index (κ1) is 16.2. The van der Waals surface area contributed by atoms with Gasteiger partial charge in [-0.15, -0.1) is 0 Å². The van der Waals surface area contributed by atoms with Crippen LogP contribution in [0.3, 0.4) is 0 Å². The average Bonchev–Trinajstić information content (AvgIpc) is 3.21. The van der Waals surface area contributed by atoms with Gasteiger partial charge < -0.3 is 10.1 Å². The van der Waals surface area contributed by atoms with Crippen LogP contribution in [0.2, 0.25) is 0 Å². The van der Waals surface area contributed by atoms with E-state index in [0.29, 0.717) is 5.56 Å². The number of fused-ring (bicyclic) bond motifs is 1. The van der Waals surface area contributed by atoms with E-state index in [0.717, 1.165) is 42.8 Å². The van der Waals surface area contributed by atoms with E-state index in [2.05, 4.69) is 16.5 Å². The van der Waals surface area contributed by atoms with E-state index in [1.165, 1.54) is 12.8 Å². The highest BCUT2D eigenvalue weighted by Gasteiger charge is 2.43. The van der Waals surface area contributed by atoms with Crippen molar-refractivity contribution in [1.82, 2.24) is 15.1 Å². The molecule has 1 saturated carbocycles. The van der Waals surface area contributed by atoms with Gasteiger partial charge in [-0.25, -0.2) is 0 Å². The molecule has 0 unspecified atom stereocenters. The molecule has 2 heterocycles. The zero-order valence-corrected chi connectivity index (χ0v) is 14.9. The molecule has 1 aromatic carbocycles. The van der Waals surface area contributed by atoms with E-state index >= 15 is 0 Å². The molecular formula is C20H25N3O2. The fraction of sp³-hybridized carbons (Fsp3) is 0.500. The van der Waals surface area contributed by atoms with Gasteiger partial charge in [0.15, 0.2) is 0 Å². The number of carbonyl (C=O) groups excluding carboxylic acids is 1. The van der Waals surface area contributed by atoms with Gasteiger partial charge in [0.05, 0.1) is 17.3 Å². The fourth-order valence-corrected chi connectivity index (χ4v) is 4.21. The molecule has 5 nitrogen and oxygen atoms in total. The molecule has 25 heavy (non-hydrogen) atoms. The second kappa shape index (κ2) is 6.21. The average molecular weight is 339 g/mol. The summed E-state index contributed by atoms with van der Waals surface area (Å²) in [7, 11) is 0. The Labute approximate surface area is 148 Å². The Hall–Kier alpha value is -2.30. The number of para-hydroxylation sites is 1. The van der Waals surface area contributed by atoms with Gasteiger partial charge in [-0.1, -0.05) is 18.2 Å². The maximum absolute atomic E-state index is 12.9. The molecule has 1 fully saturated rings. The third-order valence-corrected chi connectivity index (χ3v) is 5.53. The summed E-state index contributed by atoms with van der Waals surface area (Å²) in [6.07, 6.45) is 7.22. The topological polar surface area (TPSA) is 56.2 Å². The number of nitrogens with one attached hydrogen (secondary N) is 1. The SMILES string of the molecule is CCn1cc(C(=O)N[C@@H]2CC3(CCCC3)Oc3ccccc32)c(C)n1. The van der Waals surface area contributed by atoms with Gasteiger partial charge in [0.2, 0.25) is 0 Å². The van der Waals surface area contributed by atoms with Gasteiger partial charge >= 0.3 is 0 Å². The fourth-order valence-electron chi connectivity index (χ4n) is 4.21. The van der Waals surface area contributed by atoms with Crippen molar-refractivity contribution < 1.29 is 9.53 Å². The van der Waals surface area contributed by atoms with E-state index in [4.69, 9.17) is 4.74 Å². The summed E-state index contributed by atoms with van der Waals surface area (Å²) < 4.78 is 8.18. The molecule has 0 bridgehead atoms. The molecule has 2 aromatic rings. The molecule has 1 aliphatic heterocycles. The monoisotopic (exact) mass is 339 g/mol. The van der Waals surface area contributed by atoms with E-state index in [1.807, 2.05) is 38.2 Å². The number of hydrogen-bond donors (Lipinski definition) is 1. The van der Waals surface area contributed by atoms with Crippen molar-refractivity contribution >= 4 is 5.91 Å². The Bertz CT molecular complexity index is 790. The predicted octanol–water partition coefficient (Wildman–Crippen LogP) is 3.78. The lowest BCUT2D eigenvalue weighted by atomic mass is 9.86. The van der Waals surface area contributed by atoms with E-state index in [-0.39, 0.29) is 17.6 Å². The Kier molecular flexibility index (Phi) is 4.02. The van der Waals surface area contributed by atoms with Crippen molar-refractivity contribution in [3.05, 3.63) is 47.3 Å². The van der Waals surface area contributed by atoms with Crippen molar-refractivity contribution in [3.8, 4) is 5.75 Å². The van der Waals surface area contributed by atoms with Crippen molar-refractivity contribution in [2.75, 3.05) is 0 Å². The highest BCUT2D eigenvalue weighted by Crippen LogP contribution is 2.47. The van der Waals surface area contributed by atoms with Gasteiger partial charge in [-0.3, -0.25) is 9.48 Å². The number of hydrogen-bond acceptors (Lipinski definition) is 3. The Balaban J connectivity index is 1.62. The summed E-state index contributed by atoms with van der Waals surface area (Å²) in [5, 5.41) is 7.64. The number of aromatic nitrogens is 2. The van der Waals surface area contributed by atoms with Crippen molar-refractivity contribution in [2.45, 2.75) is 64.1 Å². The standard InChI is InChI=1S/C20H25N3O2/c1-3-23-13-16(14(2)22-23)19(24)21-17-12-20(10-6-7-11-20)25-18-9-5-4-8-15(17)18/h4-5,8-9,13,17H,3,6-7,10-12H2,1-2H3,(H,21,24)/t17-/m1/s1. The number of benzene rings is 1. The van der Waals surface area contributed by atoms with Gasteiger partial charge in [-0.05, 0) is 45.6 Å². The molecule has 1 spiro atoms. The number of ether oxygens (including phenoxy) is 1. The number of rotatable bonds is 3. The lowest BCUT2D eigenvalue weighted by Crippen LogP contribution is -2.43. The molecule has 1 N–H and O–H groups in total. The van der Waals surface area contributed by atoms with Crippen LogP contribution in [0.25, 0.3) is 0 Å². The Morgan fingerprint density at radius 2 is 2.12 bits per heavy atom. The molecule has 132 valence electrons. The zero-order valence-electron chi connectivity index (χ0n) is 14.9. The molecule has 0 saturated heterocycles. The summed E-state index contributed by atoms with van der Waals surface area (Å²) in [4.78, 5) is 12.9. The molecule has 1 atom stereocenters. The van der Waals surface area contributed by atoms with Crippen LogP contribution in [-0.4, -0.2) is 21.3 Å². The summed E-state index contributed by atoms with van der Waals surface area (Å²) >= 11 is 0. The third kappa shape index (κ3) is 2.92. The first-order valence-corrected chi connectivity index (χ1v) is 9.23. The Morgan fingerprint density at radius 3 is 2.84 bits per heavy atom. The Morgan fingerprint density at radius 1 is 1.36 bits per heavy atom. The van der Waals surface area contributed by atoms with Crippen LogP contribution in [-0.2, 0) is 6.54 Å². The maximum Gasteiger partial charge on any atom is 0.255 e. The summed E-state index contributed by atoms with van der Waals surface area (Å²) in [6.45, 7) is 4.67. The summed E-state index contributed by atoms with van der Waals surface area (Å²) in [5.41, 5.74) is 2.39. The van der Waals surface area contributed by atoms with E-state index < -0.39 is 0 Å². The van der Waals surface area contributed by atoms with E-state index in [9.17, 15) is 4.79 Å². The molecule has 1 aromatic heterocycles. The summed E-state index contributed by atoms with van der Waals surface area (Å²) in [5.74, 6) is 0.869. The number of aryl methyl sites for hydroxylation is 2. The van der Waals surface area contributed by atoms with Crippen LogP contribution >= 0.6 is 0 Å². The highest BCUT2D eigenvalue weighted by molar-refractivity contribution is 5.95. The second-order valence-electron chi connectivity index (χ2n) is 7.24. The minimum Gasteiger partial charge on any atom is -0.487 e. The third-order valence-electron chi connectivity index (χ3n) is 5.53. The molecular weight excluding hydrogens is 314 g/mol. The van der Waals surface area contributed by atoms with Crippen molar-refractivity contribution in [2.24, 2.45) is 0 Å². The van der Waals surface area contributed by atoms with Crippen molar-refractivity contribution in [1.29, 1.82) is 0 Å². The zero-order chi connectivity index (χ0) is 17.4. The lowest BCUT2D eigenvalue weighted by molar-refractivity contribution is 0.0360. The molecule has 4 rings (SSSR count). The number of nitrogens with zero attached hydrogens (tertiary/aromatic N) is 2. The normalized spacial score (nSPS) is 21.0. The first-order chi connectivity index (χ1) is 12.1. The largest absolute Gasteiger partial charge is 0.487 e. The molecule has 2 aliphatic rings. The maximum atomic E-state index is 12.9. The smallest absolute Gasteiger partial charge is 0.255 e. The van der Waals surface area contributed by atoms with Crippen LogP contribution < -0.4 is 10.1 Å². The van der Waals surface area contributed by atoms with Gasteiger partial charge in [0.1, 0.15) is 11.4 Å². The minimum atomic E-state index is -0.116. The van der Waals surface area contributed by atoms with Crippen LogP contribution in [0.5, 0.6) is 5.75 Å². The van der Waals surface area contributed by atoms with Crippen LogP contribution in [0, 0.1) is 6.92 Å². The van der Waals surface area contributed by atoms with Crippen LogP contribution in [0.15, 0.2) is 30.5 Å². The van der Waals surface area contributed by atoms with Crippen molar-refractivity contribution in [3.63, 3.8) is 0 Å². The van der Waals surface area contributed by atoms with Gasteiger partial charge in [0.25, 0.3) is 5.91 Å². The summed E-state index contributed by atoms with van der Waals surface area (Å²) in [6, 6.07) is 8.08. The number of carbonyl (C=O) groups is 1. The van der Waals surface area contributed by atoms with Gasteiger partial charge in [-0.2, -0.15) is 5.10 Å². The van der Waals surface area contributed by atoms with Crippen LogP contribution in [0.4, 0.5) is 0 Å². The minimum absolute atomic E-state index is 0.0140. The van der Waals surface area contributed by atoms with E-state index in [1.54, 1.807) is 4.68 Å². The molecule has 5 heteroatoms. The lowest BCUT2D eigenvalue weighted by Gasteiger charge is -2.40. The predicted molar refractivity (Wildman–Crippen MR) is 95.7 cm³/mol. The second-order valence-corrected chi connectivity index (χ2v) is 7.24. The quantitative estimate of drug-likeness (QED) is 0.926. The first-order valence-electron chi connectivity index (χ1n) is 9.23. The highest BCUT2D eigenvalue weighted by atomic mass is 16.5. The molecule has 1 aliphatic carbocycles. The van der Waals surface area contributed by atoms with Crippen LogP contribution in [0.1, 0.15) is 66.7 Å².